The minimum absolute atomic E-state index is 0.0743. The van der Waals surface area contributed by atoms with Crippen LogP contribution in [0.3, 0.4) is 0 Å². The van der Waals surface area contributed by atoms with E-state index in [9.17, 15) is 18.3 Å². The quantitative estimate of drug-likeness (QED) is 0.870. The van der Waals surface area contributed by atoms with E-state index in [1.807, 2.05) is 12.1 Å². The summed E-state index contributed by atoms with van der Waals surface area (Å²) in [6.07, 6.45) is -0.740. The SMILES string of the molecule is O[C@H]1CCCC[C@@H]1NCc1cccc(-c2ccc(C(F)(F)F)cc2)n1. The smallest absolute Gasteiger partial charge is 0.392 e. The summed E-state index contributed by atoms with van der Waals surface area (Å²) in [5, 5.41) is 13.3. The summed E-state index contributed by atoms with van der Waals surface area (Å²) in [7, 11) is 0. The number of aliphatic hydroxyl groups excluding tert-OH is 1. The zero-order chi connectivity index (χ0) is 17.9. The van der Waals surface area contributed by atoms with E-state index in [2.05, 4.69) is 10.3 Å². The Morgan fingerprint density at radius 3 is 2.44 bits per heavy atom. The Bertz CT molecular complexity index is 701. The van der Waals surface area contributed by atoms with E-state index < -0.39 is 11.7 Å². The lowest BCUT2D eigenvalue weighted by Crippen LogP contribution is -2.41. The van der Waals surface area contributed by atoms with Crippen molar-refractivity contribution in [3.8, 4) is 11.3 Å². The maximum Gasteiger partial charge on any atom is 0.416 e. The first-order chi connectivity index (χ1) is 11.9. The van der Waals surface area contributed by atoms with Crippen LogP contribution in [0.4, 0.5) is 13.2 Å². The van der Waals surface area contributed by atoms with Crippen LogP contribution in [0.5, 0.6) is 0 Å². The van der Waals surface area contributed by atoms with Crippen molar-refractivity contribution in [2.45, 2.75) is 50.6 Å². The number of hydrogen-bond acceptors (Lipinski definition) is 3. The molecule has 1 saturated carbocycles. The summed E-state index contributed by atoms with van der Waals surface area (Å²) in [6, 6.07) is 10.6. The first-order valence-electron chi connectivity index (χ1n) is 8.48. The van der Waals surface area contributed by atoms with Crippen molar-refractivity contribution in [1.29, 1.82) is 0 Å². The van der Waals surface area contributed by atoms with Crippen LogP contribution in [0.25, 0.3) is 11.3 Å². The predicted molar refractivity (Wildman–Crippen MR) is 89.8 cm³/mol. The van der Waals surface area contributed by atoms with Gasteiger partial charge in [0.25, 0.3) is 0 Å². The van der Waals surface area contributed by atoms with Gasteiger partial charge in [-0.3, -0.25) is 4.98 Å². The molecule has 0 spiro atoms. The van der Waals surface area contributed by atoms with Gasteiger partial charge in [-0.05, 0) is 37.1 Å². The first kappa shape index (κ1) is 17.9. The van der Waals surface area contributed by atoms with Crippen molar-refractivity contribution in [2.24, 2.45) is 0 Å². The Morgan fingerprint density at radius 2 is 1.76 bits per heavy atom. The lowest BCUT2D eigenvalue weighted by Gasteiger charge is -2.28. The molecule has 1 heterocycles. The molecule has 0 saturated heterocycles. The van der Waals surface area contributed by atoms with E-state index in [1.54, 1.807) is 6.07 Å². The normalized spacial score (nSPS) is 21.3. The minimum atomic E-state index is -4.33. The molecular formula is C19H21F3N2O. The van der Waals surface area contributed by atoms with Crippen molar-refractivity contribution < 1.29 is 18.3 Å². The summed E-state index contributed by atoms with van der Waals surface area (Å²) in [5.41, 5.74) is 1.42. The average Bonchev–Trinajstić information content (AvgIpc) is 2.61. The van der Waals surface area contributed by atoms with Gasteiger partial charge in [0, 0.05) is 18.2 Å². The molecule has 1 fully saturated rings. The second-order valence-electron chi connectivity index (χ2n) is 6.43. The van der Waals surface area contributed by atoms with Crippen molar-refractivity contribution in [3.05, 3.63) is 53.7 Å². The van der Waals surface area contributed by atoms with Crippen molar-refractivity contribution >= 4 is 0 Å². The van der Waals surface area contributed by atoms with Crippen LogP contribution in [0.1, 0.15) is 36.9 Å². The monoisotopic (exact) mass is 350 g/mol. The number of nitrogens with one attached hydrogen (secondary N) is 1. The second kappa shape index (κ2) is 7.54. The zero-order valence-electron chi connectivity index (χ0n) is 13.8. The number of benzene rings is 1. The number of pyridine rings is 1. The lowest BCUT2D eigenvalue weighted by molar-refractivity contribution is -0.137. The summed E-state index contributed by atoms with van der Waals surface area (Å²) >= 11 is 0. The van der Waals surface area contributed by atoms with E-state index in [-0.39, 0.29) is 12.1 Å². The van der Waals surface area contributed by atoms with Crippen molar-refractivity contribution in [1.82, 2.24) is 10.3 Å². The van der Waals surface area contributed by atoms with Gasteiger partial charge in [0.2, 0.25) is 0 Å². The van der Waals surface area contributed by atoms with Gasteiger partial charge in [0.05, 0.1) is 23.1 Å². The number of nitrogens with zero attached hydrogens (tertiary/aromatic N) is 1. The number of aliphatic hydroxyl groups is 1. The third-order valence-corrected chi connectivity index (χ3v) is 4.59. The van der Waals surface area contributed by atoms with E-state index in [4.69, 9.17) is 0 Å². The van der Waals surface area contributed by atoms with Gasteiger partial charge in [-0.2, -0.15) is 13.2 Å². The molecule has 25 heavy (non-hydrogen) atoms. The third kappa shape index (κ3) is 4.58. The molecule has 3 rings (SSSR count). The highest BCUT2D eigenvalue weighted by molar-refractivity contribution is 5.59. The Kier molecular flexibility index (Phi) is 5.39. The van der Waals surface area contributed by atoms with E-state index in [1.165, 1.54) is 12.1 Å². The standard InChI is InChI=1S/C19H21F3N2O/c20-19(21,22)14-10-8-13(9-11-14)16-6-3-4-15(24-16)12-23-17-5-1-2-7-18(17)25/h3-4,6,8-11,17-18,23,25H,1-2,5,7,12H2/t17-,18-/m0/s1. The number of aromatic nitrogens is 1. The number of rotatable bonds is 4. The third-order valence-electron chi connectivity index (χ3n) is 4.59. The Labute approximate surface area is 144 Å². The molecule has 0 radical (unpaired) electrons. The molecule has 1 aliphatic rings. The second-order valence-corrected chi connectivity index (χ2v) is 6.43. The molecule has 0 amide bonds. The molecule has 2 aromatic rings. The molecule has 1 aromatic carbocycles. The summed E-state index contributed by atoms with van der Waals surface area (Å²) in [5.74, 6) is 0. The van der Waals surface area contributed by atoms with Crippen LogP contribution in [0, 0.1) is 0 Å². The molecule has 134 valence electrons. The molecule has 0 aliphatic heterocycles. The molecule has 1 aliphatic carbocycles. The fraction of sp³-hybridized carbons (Fsp3) is 0.421. The fourth-order valence-electron chi connectivity index (χ4n) is 3.15. The van der Waals surface area contributed by atoms with Gasteiger partial charge in [-0.15, -0.1) is 0 Å². The summed E-state index contributed by atoms with van der Waals surface area (Å²) in [4.78, 5) is 4.52. The van der Waals surface area contributed by atoms with Gasteiger partial charge in [0.15, 0.2) is 0 Å². The predicted octanol–water partition coefficient (Wildman–Crippen LogP) is 4.16. The molecular weight excluding hydrogens is 329 g/mol. The Balaban J connectivity index is 1.68. The van der Waals surface area contributed by atoms with Crippen LogP contribution in [-0.2, 0) is 12.7 Å². The number of hydrogen-bond donors (Lipinski definition) is 2. The van der Waals surface area contributed by atoms with Gasteiger partial charge in [0.1, 0.15) is 0 Å². The van der Waals surface area contributed by atoms with E-state index in [0.717, 1.165) is 43.5 Å². The topological polar surface area (TPSA) is 45.1 Å². The molecule has 6 heteroatoms. The van der Waals surface area contributed by atoms with Crippen molar-refractivity contribution in [2.75, 3.05) is 0 Å². The molecule has 1 aromatic heterocycles. The zero-order valence-corrected chi connectivity index (χ0v) is 13.8. The fourth-order valence-corrected chi connectivity index (χ4v) is 3.15. The lowest BCUT2D eigenvalue weighted by atomic mass is 9.92. The highest BCUT2D eigenvalue weighted by Gasteiger charge is 2.30. The van der Waals surface area contributed by atoms with Crippen LogP contribution < -0.4 is 5.32 Å². The highest BCUT2D eigenvalue weighted by atomic mass is 19.4. The molecule has 2 atom stereocenters. The van der Waals surface area contributed by atoms with Gasteiger partial charge in [-0.25, -0.2) is 0 Å². The molecule has 0 unspecified atom stereocenters. The van der Waals surface area contributed by atoms with Crippen LogP contribution >= 0.6 is 0 Å². The number of alkyl halides is 3. The van der Waals surface area contributed by atoms with Crippen molar-refractivity contribution in [3.63, 3.8) is 0 Å². The number of halogens is 3. The summed E-state index contributed by atoms with van der Waals surface area (Å²) < 4.78 is 38.0. The van der Waals surface area contributed by atoms with Gasteiger partial charge < -0.3 is 10.4 Å². The summed E-state index contributed by atoms with van der Waals surface area (Å²) in [6.45, 7) is 0.524. The van der Waals surface area contributed by atoms with E-state index in [0.29, 0.717) is 17.8 Å². The molecule has 2 N–H and O–H groups in total. The highest BCUT2D eigenvalue weighted by Crippen LogP contribution is 2.30. The maximum atomic E-state index is 12.7. The minimum Gasteiger partial charge on any atom is -0.392 e. The van der Waals surface area contributed by atoms with E-state index >= 15 is 0 Å². The maximum absolute atomic E-state index is 12.7. The Hall–Kier alpha value is -1.92. The van der Waals surface area contributed by atoms with Crippen LogP contribution in [0.15, 0.2) is 42.5 Å². The first-order valence-corrected chi connectivity index (χ1v) is 8.48. The van der Waals surface area contributed by atoms with Crippen LogP contribution in [-0.4, -0.2) is 22.2 Å². The Morgan fingerprint density at radius 1 is 1.04 bits per heavy atom. The van der Waals surface area contributed by atoms with Gasteiger partial charge in [-0.1, -0.05) is 31.0 Å². The average molecular weight is 350 g/mol. The molecule has 3 nitrogen and oxygen atoms in total. The van der Waals surface area contributed by atoms with Gasteiger partial charge >= 0.3 is 6.18 Å². The largest absolute Gasteiger partial charge is 0.416 e. The van der Waals surface area contributed by atoms with Crippen LogP contribution in [0.2, 0.25) is 0 Å². The molecule has 0 bridgehead atoms.